The molecule has 0 radical (unpaired) electrons. The third kappa shape index (κ3) is 5.04. The molecule has 3 rings (SSSR count). The fraction of sp³-hybridized carbons (Fsp3) is 0.471. The molecule has 1 amide bonds. The number of aromatic nitrogens is 2. The van der Waals surface area contributed by atoms with Crippen molar-refractivity contribution in [1.82, 2.24) is 10.2 Å². The Morgan fingerprint density at radius 1 is 1.30 bits per heavy atom. The molecular formula is C17H21N3O6S. The lowest BCUT2D eigenvalue weighted by Gasteiger charge is -2.06. The maximum Gasteiger partial charge on any atom is 0.322 e. The first-order chi connectivity index (χ1) is 13.0. The van der Waals surface area contributed by atoms with E-state index in [1.165, 1.54) is 19.2 Å². The third-order valence-electron chi connectivity index (χ3n) is 4.13. The standard InChI is InChI=1S/C17H21N3O6S/c1-24-12-6-8-13(9-7-12)27(22,23)11-3-5-15(21)18-17-20-19-16(26-17)14-4-2-10-25-14/h6-9,14H,2-5,10-11H2,1H3,(H,18,20,21). The van der Waals surface area contributed by atoms with Crippen LogP contribution in [-0.4, -0.2) is 44.0 Å². The van der Waals surface area contributed by atoms with Crippen LogP contribution in [0.1, 0.15) is 37.7 Å². The molecule has 2 heterocycles. The van der Waals surface area contributed by atoms with Gasteiger partial charge in [-0.05, 0) is 43.5 Å². The molecule has 9 nitrogen and oxygen atoms in total. The molecule has 1 atom stereocenters. The van der Waals surface area contributed by atoms with E-state index in [0.29, 0.717) is 18.2 Å². The van der Waals surface area contributed by atoms with Crippen LogP contribution >= 0.6 is 0 Å². The second kappa shape index (κ2) is 8.49. The van der Waals surface area contributed by atoms with Crippen molar-refractivity contribution < 1.29 is 27.1 Å². The largest absolute Gasteiger partial charge is 0.497 e. The van der Waals surface area contributed by atoms with Gasteiger partial charge in [-0.2, -0.15) is 0 Å². The number of carbonyl (C=O) groups is 1. The summed E-state index contributed by atoms with van der Waals surface area (Å²) in [5.41, 5.74) is 0. The first-order valence-electron chi connectivity index (χ1n) is 8.59. The minimum absolute atomic E-state index is 0.0106. The van der Waals surface area contributed by atoms with Gasteiger partial charge in [0.05, 0.1) is 17.8 Å². The lowest BCUT2D eigenvalue weighted by atomic mass is 10.2. The highest BCUT2D eigenvalue weighted by molar-refractivity contribution is 7.91. The fourth-order valence-corrected chi connectivity index (χ4v) is 4.00. The van der Waals surface area contributed by atoms with Gasteiger partial charge in [0.2, 0.25) is 11.8 Å². The van der Waals surface area contributed by atoms with Crippen LogP contribution < -0.4 is 10.1 Å². The molecular weight excluding hydrogens is 374 g/mol. The number of hydrogen-bond donors (Lipinski definition) is 1. The van der Waals surface area contributed by atoms with E-state index in [1.807, 2.05) is 0 Å². The number of nitrogens with zero attached hydrogens (tertiary/aromatic N) is 2. The normalized spacial score (nSPS) is 17.0. The molecule has 10 heteroatoms. The van der Waals surface area contributed by atoms with Gasteiger partial charge in [0, 0.05) is 13.0 Å². The Labute approximate surface area is 157 Å². The zero-order valence-corrected chi connectivity index (χ0v) is 15.7. The molecule has 27 heavy (non-hydrogen) atoms. The van der Waals surface area contributed by atoms with Gasteiger partial charge in [0.25, 0.3) is 0 Å². The number of anilines is 1. The van der Waals surface area contributed by atoms with Crippen molar-refractivity contribution in [2.24, 2.45) is 0 Å². The summed E-state index contributed by atoms with van der Waals surface area (Å²) in [5, 5.41) is 10.1. The number of methoxy groups -OCH3 is 1. The number of carbonyl (C=O) groups excluding carboxylic acids is 1. The van der Waals surface area contributed by atoms with Gasteiger partial charge in [-0.3, -0.25) is 10.1 Å². The fourth-order valence-electron chi connectivity index (χ4n) is 2.69. The average Bonchev–Trinajstić information content (AvgIpc) is 3.33. The molecule has 1 aliphatic rings. The highest BCUT2D eigenvalue weighted by Crippen LogP contribution is 2.28. The number of benzene rings is 1. The Hall–Kier alpha value is -2.46. The summed E-state index contributed by atoms with van der Waals surface area (Å²) < 4.78 is 40.4. The van der Waals surface area contributed by atoms with E-state index in [0.717, 1.165) is 12.8 Å². The molecule has 1 unspecified atom stereocenters. The second-order valence-electron chi connectivity index (χ2n) is 6.09. The molecule has 146 valence electrons. The molecule has 2 aromatic rings. The van der Waals surface area contributed by atoms with Crippen LogP contribution in [0.5, 0.6) is 5.75 Å². The van der Waals surface area contributed by atoms with Crippen molar-refractivity contribution in [2.75, 3.05) is 24.8 Å². The molecule has 0 spiro atoms. The Bertz CT molecular complexity index is 872. The highest BCUT2D eigenvalue weighted by atomic mass is 32.2. The molecule has 1 N–H and O–H groups in total. The number of rotatable bonds is 8. The van der Waals surface area contributed by atoms with Crippen LogP contribution in [0.3, 0.4) is 0 Å². The number of sulfone groups is 1. The quantitative estimate of drug-likeness (QED) is 0.721. The van der Waals surface area contributed by atoms with Crippen molar-refractivity contribution in [3.8, 4) is 5.75 Å². The van der Waals surface area contributed by atoms with Crippen LogP contribution in [0.4, 0.5) is 6.01 Å². The third-order valence-corrected chi connectivity index (χ3v) is 5.94. The van der Waals surface area contributed by atoms with E-state index < -0.39 is 9.84 Å². The second-order valence-corrected chi connectivity index (χ2v) is 8.20. The van der Waals surface area contributed by atoms with Crippen LogP contribution in [-0.2, 0) is 19.4 Å². The van der Waals surface area contributed by atoms with Crippen LogP contribution in [0.15, 0.2) is 33.6 Å². The predicted octanol–water partition coefficient (Wildman–Crippen LogP) is 2.12. The van der Waals surface area contributed by atoms with E-state index in [2.05, 4.69) is 15.5 Å². The molecule has 1 fully saturated rings. The first-order valence-corrected chi connectivity index (χ1v) is 10.2. The molecule has 1 saturated heterocycles. The Kier molecular flexibility index (Phi) is 6.07. The van der Waals surface area contributed by atoms with Crippen molar-refractivity contribution >= 4 is 21.8 Å². The minimum Gasteiger partial charge on any atom is -0.497 e. The Morgan fingerprint density at radius 3 is 2.74 bits per heavy atom. The Morgan fingerprint density at radius 2 is 2.07 bits per heavy atom. The number of hydrogen-bond acceptors (Lipinski definition) is 8. The summed E-state index contributed by atoms with van der Waals surface area (Å²) >= 11 is 0. The summed E-state index contributed by atoms with van der Waals surface area (Å²) in [5.74, 6) is 0.389. The Balaban J connectivity index is 1.47. The molecule has 0 aliphatic carbocycles. The number of ether oxygens (including phenoxy) is 2. The first kappa shape index (κ1) is 19.3. The maximum atomic E-state index is 12.3. The molecule has 1 aromatic carbocycles. The van der Waals surface area contributed by atoms with Crippen LogP contribution in [0.2, 0.25) is 0 Å². The zero-order valence-electron chi connectivity index (χ0n) is 14.9. The lowest BCUT2D eigenvalue weighted by Crippen LogP contribution is -2.14. The van der Waals surface area contributed by atoms with Crippen molar-refractivity contribution in [3.05, 3.63) is 30.2 Å². The number of nitrogens with one attached hydrogen (secondary N) is 1. The summed E-state index contributed by atoms with van der Waals surface area (Å²) in [6.07, 6.45) is 1.70. The lowest BCUT2D eigenvalue weighted by molar-refractivity contribution is -0.116. The van der Waals surface area contributed by atoms with Gasteiger partial charge in [0.15, 0.2) is 9.84 Å². The van der Waals surface area contributed by atoms with E-state index >= 15 is 0 Å². The van der Waals surface area contributed by atoms with Gasteiger partial charge < -0.3 is 13.9 Å². The van der Waals surface area contributed by atoms with Gasteiger partial charge >= 0.3 is 6.01 Å². The van der Waals surface area contributed by atoms with Crippen molar-refractivity contribution in [1.29, 1.82) is 0 Å². The highest BCUT2D eigenvalue weighted by Gasteiger charge is 2.24. The van der Waals surface area contributed by atoms with Crippen LogP contribution in [0, 0.1) is 0 Å². The smallest absolute Gasteiger partial charge is 0.322 e. The van der Waals surface area contributed by atoms with Gasteiger partial charge in [0.1, 0.15) is 11.9 Å². The van der Waals surface area contributed by atoms with E-state index in [4.69, 9.17) is 13.9 Å². The van der Waals surface area contributed by atoms with Gasteiger partial charge in [-0.1, -0.05) is 5.10 Å². The molecule has 0 saturated carbocycles. The predicted molar refractivity (Wildman–Crippen MR) is 95.1 cm³/mol. The van der Waals surface area contributed by atoms with Crippen molar-refractivity contribution in [3.63, 3.8) is 0 Å². The average molecular weight is 395 g/mol. The SMILES string of the molecule is COc1ccc(S(=O)(=O)CCCC(=O)Nc2nnc(C3CCCO3)o2)cc1. The number of amides is 1. The molecule has 1 aromatic heterocycles. The summed E-state index contributed by atoms with van der Waals surface area (Å²) in [6.45, 7) is 0.650. The summed E-state index contributed by atoms with van der Waals surface area (Å²) in [6, 6.07) is 6.13. The van der Waals surface area contributed by atoms with E-state index in [-0.39, 0.29) is 41.5 Å². The van der Waals surface area contributed by atoms with Crippen LogP contribution in [0.25, 0.3) is 0 Å². The van der Waals surface area contributed by atoms with E-state index in [9.17, 15) is 13.2 Å². The van der Waals surface area contributed by atoms with E-state index in [1.54, 1.807) is 12.1 Å². The topological polar surface area (TPSA) is 121 Å². The molecule has 0 bridgehead atoms. The molecule has 1 aliphatic heterocycles. The minimum atomic E-state index is -3.46. The maximum absolute atomic E-state index is 12.3. The van der Waals surface area contributed by atoms with Gasteiger partial charge in [-0.15, -0.1) is 5.10 Å². The zero-order chi connectivity index (χ0) is 19.3. The monoisotopic (exact) mass is 395 g/mol. The van der Waals surface area contributed by atoms with Gasteiger partial charge in [-0.25, -0.2) is 8.42 Å². The van der Waals surface area contributed by atoms with Crippen molar-refractivity contribution in [2.45, 2.75) is 36.7 Å². The summed E-state index contributed by atoms with van der Waals surface area (Å²) in [7, 11) is -1.96. The summed E-state index contributed by atoms with van der Waals surface area (Å²) in [4.78, 5) is 12.2.